The van der Waals surface area contributed by atoms with Gasteiger partial charge >= 0.3 is 0 Å². The van der Waals surface area contributed by atoms with E-state index in [0.29, 0.717) is 18.8 Å². The Bertz CT molecular complexity index is 439. The molecule has 5 heteroatoms. The van der Waals surface area contributed by atoms with Gasteiger partial charge in [-0.2, -0.15) is 9.98 Å². The van der Waals surface area contributed by atoms with E-state index in [2.05, 4.69) is 17.7 Å². The van der Waals surface area contributed by atoms with Crippen LogP contribution in [0, 0.1) is 17.2 Å². The van der Waals surface area contributed by atoms with Crippen LogP contribution < -0.4 is 4.72 Å². The topological polar surface area (TPSA) is 70.0 Å². The third-order valence-electron chi connectivity index (χ3n) is 4.67. The van der Waals surface area contributed by atoms with Crippen molar-refractivity contribution >= 4 is 10.0 Å². The molecule has 4 nitrogen and oxygen atoms in total. The van der Waals surface area contributed by atoms with Crippen LogP contribution in [0.3, 0.4) is 0 Å². The summed E-state index contributed by atoms with van der Waals surface area (Å²) in [5.41, 5.74) is -0.844. The summed E-state index contributed by atoms with van der Waals surface area (Å²) in [6, 6.07) is 2.24. The van der Waals surface area contributed by atoms with Crippen molar-refractivity contribution in [2.45, 2.75) is 75.5 Å². The minimum absolute atomic E-state index is 0.286. The molecule has 0 unspecified atom stereocenters. The highest BCUT2D eigenvalue weighted by Crippen LogP contribution is 2.33. The molecule has 108 valence electrons. The van der Waals surface area contributed by atoms with Gasteiger partial charge in [0, 0.05) is 0 Å². The summed E-state index contributed by atoms with van der Waals surface area (Å²) in [5, 5.41) is 9.13. The van der Waals surface area contributed by atoms with Gasteiger partial charge in [-0.05, 0) is 44.4 Å². The third kappa shape index (κ3) is 3.49. The molecule has 0 bridgehead atoms. The molecule has 0 amide bonds. The van der Waals surface area contributed by atoms with Gasteiger partial charge in [0.2, 0.25) is 10.0 Å². The zero-order valence-corrected chi connectivity index (χ0v) is 12.5. The van der Waals surface area contributed by atoms with Gasteiger partial charge in [0.05, 0.1) is 11.3 Å². The van der Waals surface area contributed by atoms with Crippen LogP contribution in [0.15, 0.2) is 0 Å². The van der Waals surface area contributed by atoms with Gasteiger partial charge in [-0.3, -0.25) is 0 Å². The van der Waals surface area contributed by atoms with Crippen molar-refractivity contribution in [2.75, 3.05) is 0 Å². The van der Waals surface area contributed by atoms with Crippen molar-refractivity contribution < 1.29 is 8.42 Å². The van der Waals surface area contributed by atoms with Crippen molar-refractivity contribution in [2.24, 2.45) is 5.92 Å². The lowest BCUT2D eigenvalue weighted by molar-refractivity contribution is 0.276. The first-order valence-corrected chi connectivity index (χ1v) is 8.96. The Kier molecular flexibility index (Phi) is 4.52. The third-order valence-corrected chi connectivity index (χ3v) is 6.69. The molecule has 2 saturated carbocycles. The van der Waals surface area contributed by atoms with Gasteiger partial charge < -0.3 is 0 Å². The molecule has 2 aliphatic rings. The Labute approximate surface area is 116 Å². The fourth-order valence-electron chi connectivity index (χ4n) is 3.22. The minimum Gasteiger partial charge on any atom is -0.212 e. The summed E-state index contributed by atoms with van der Waals surface area (Å²) in [7, 11) is -3.34. The summed E-state index contributed by atoms with van der Waals surface area (Å²) in [6.07, 6.45) is 7.76. The molecule has 19 heavy (non-hydrogen) atoms. The van der Waals surface area contributed by atoms with E-state index in [9.17, 15) is 13.7 Å². The standard InChI is InChI=1S/C14H24N2O2S/c1-12-7-9-14(11-15,10-8-12)16-19(17,18)13-5-3-2-4-6-13/h12-13,16H,2-10H2,1H3. The molecule has 2 fully saturated rings. The number of hydrogen-bond acceptors (Lipinski definition) is 3. The first-order valence-electron chi connectivity index (χ1n) is 7.41. The van der Waals surface area contributed by atoms with Crippen LogP contribution >= 0.6 is 0 Å². The lowest BCUT2D eigenvalue weighted by atomic mass is 9.79. The molecular formula is C14H24N2O2S. The van der Waals surface area contributed by atoms with Crippen molar-refractivity contribution in [3.63, 3.8) is 0 Å². The molecule has 0 heterocycles. The fraction of sp³-hybridized carbons (Fsp3) is 0.929. The van der Waals surface area contributed by atoms with Crippen molar-refractivity contribution in [1.29, 1.82) is 5.26 Å². The summed E-state index contributed by atoms with van der Waals surface area (Å²) < 4.78 is 27.6. The Morgan fingerprint density at radius 3 is 2.21 bits per heavy atom. The van der Waals surface area contributed by atoms with Crippen LogP contribution in [0.2, 0.25) is 0 Å². The predicted octanol–water partition coefficient (Wildman–Crippen LogP) is 2.71. The van der Waals surface area contributed by atoms with E-state index in [1.165, 1.54) is 0 Å². The number of sulfonamides is 1. The molecule has 0 spiro atoms. The van der Waals surface area contributed by atoms with Crippen LogP contribution in [0.5, 0.6) is 0 Å². The van der Waals surface area contributed by atoms with Crippen LogP contribution in [0.25, 0.3) is 0 Å². The monoisotopic (exact) mass is 284 g/mol. The molecule has 2 aliphatic carbocycles. The van der Waals surface area contributed by atoms with E-state index in [4.69, 9.17) is 0 Å². The van der Waals surface area contributed by atoms with Gasteiger partial charge in [0.15, 0.2) is 0 Å². The summed E-state index contributed by atoms with van der Waals surface area (Å²) >= 11 is 0. The second-order valence-corrected chi connectivity index (χ2v) is 8.24. The fourth-order valence-corrected chi connectivity index (χ4v) is 5.14. The highest BCUT2D eigenvalue weighted by Gasteiger charge is 2.40. The SMILES string of the molecule is CC1CCC(C#N)(NS(=O)(=O)C2CCCCC2)CC1. The number of nitrogens with one attached hydrogen (secondary N) is 1. The summed E-state index contributed by atoms with van der Waals surface area (Å²) in [6.45, 7) is 2.16. The van der Waals surface area contributed by atoms with Gasteiger partial charge in [-0.15, -0.1) is 0 Å². The van der Waals surface area contributed by atoms with Gasteiger partial charge in [0.25, 0.3) is 0 Å². The Balaban J connectivity index is 2.07. The van der Waals surface area contributed by atoms with E-state index >= 15 is 0 Å². The van der Waals surface area contributed by atoms with Gasteiger partial charge in [-0.25, -0.2) is 8.42 Å². The smallest absolute Gasteiger partial charge is 0.212 e. The molecular weight excluding hydrogens is 260 g/mol. The molecule has 2 rings (SSSR count). The van der Waals surface area contributed by atoms with Gasteiger partial charge in [0.1, 0.15) is 5.54 Å². The van der Waals surface area contributed by atoms with E-state index in [1.807, 2.05) is 0 Å². The number of nitriles is 1. The number of rotatable bonds is 3. The Morgan fingerprint density at radius 1 is 1.11 bits per heavy atom. The second-order valence-electron chi connectivity index (χ2n) is 6.28. The first-order chi connectivity index (χ1) is 8.97. The van der Waals surface area contributed by atoms with Crippen LogP contribution in [0.1, 0.15) is 64.7 Å². The molecule has 0 aromatic rings. The maximum Gasteiger partial charge on any atom is 0.215 e. The molecule has 0 aromatic carbocycles. The molecule has 1 N–H and O–H groups in total. The first kappa shape index (κ1) is 14.8. The predicted molar refractivity (Wildman–Crippen MR) is 74.9 cm³/mol. The molecule has 0 radical (unpaired) electrons. The highest BCUT2D eigenvalue weighted by atomic mass is 32.2. The van der Waals surface area contributed by atoms with Crippen molar-refractivity contribution in [3.8, 4) is 6.07 Å². The number of hydrogen-bond donors (Lipinski definition) is 1. The van der Waals surface area contributed by atoms with Crippen LogP contribution in [-0.2, 0) is 10.0 Å². The normalized spacial score (nSPS) is 33.8. The molecule has 0 aliphatic heterocycles. The van der Waals surface area contributed by atoms with E-state index < -0.39 is 15.6 Å². The van der Waals surface area contributed by atoms with Crippen LogP contribution in [0.4, 0.5) is 0 Å². The van der Waals surface area contributed by atoms with E-state index in [1.54, 1.807) is 0 Å². The lowest BCUT2D eigenvalue weighted by Gasteiger charge is -2.35. The zero-order chi connectivity index (χ0) is 13.9. The Hall–Kier alpha value is -0.600. The molecule has 0 aromatic heterocycles. The van der Waals surface area contributed by atoms with Crippen LogP contribution in [-0.4, -0.2) is 19.2 Å². The van der Waals surface area contributed by atoms with E-state index in [-0.39, 0.29) is 5.25 Å². The average Bonchev–Trinajstić information content (AvgIpc) is 2.42. The molecule has 0 atom stereocenters. The second kappa shape index (κ2) is 5.80. The number of nitrogens with zero attached hydrogens (tertiary/aromatic N) is 1. The largest absolute Gasteiger partial charge is 0.215 e. The quantitative estimate of drug-likeness (QED) is 0.866. The molecule has 0 saturated heterocycles. The summed E-state index contributed by atoms with van der Waals surface area (Å²) in [5.74, 6) is 0.598. The Morgan fingerprint density at radius 2 is 1.68 bits per heavy atom. The summed E-state index contributed by atoms with van der Waals surface area (Å²) in [4.78, 5) is 0. The van der Waals surface area contributed by atoms with E-state index in [0.717, 1.165) is 44.9 Å². The van der Waals surface area contributed by atoms with Crippen molar-refractivity contribution in [1.82, 2.24) is 4.72 Å². The maximum absolute atomic E-state index is 12.4. The lowest BCUT2D eigenvalue weighted by Crippen LogP contribution is -2.52. The maximum atomic E-state index is 12.4. The van der Waals surface area contributed by atoms with Crippen molar-refractivity contribution in [3.05, 3.63) is 0 Å². The highest BCUT2D eigenvalue weighted by molar-refractivity contribution is 7.90. The minimum atomic E-state index is -3.34. The van der Waals surface area contributed by atoms with Gasteiger partial charge in [-0.1, -0.05) is 26.2 Å². The average molecular weight is 284 g/mol. The zero-order valence-electron chi connectivity index (χ0n) is 11.7.